The van der Waals surface area contributed by atoms with Crippen molar-refractivity contribution in [1.82, 2.24) is 0 Å². The molecule has 2 rings (SSSR count). The molecular formula is C24H31NO3. The van der Waals surface area contributed by atoms with Crippen LogP contribution in [0.1, 0.15) is 55.6 Å². The Morgan fingerprint density at radius 2 is 1.54 bits per heavy atom. The van der Waals surface area contributed by atoms with Crippen LogP contribution in [0.25, 0.3) is 0 Å². The number of benzene rings is 2. The summed E-state index contributed by atoms with van der Waals surface area (Å²) in [6.07, 6.45) is -0.244. The molecule has 0 aliphatic heterocycles. The molecule has 0 saturated carbocycles. The van der Waals surface area contributed by atoms with Crippen LogP contribution < -0.4 is 5.32 Å². The van der Waals surface area contributed by atoms with Crippen LogP contribution in [-0.4, -0.2) is 23.4 Å². The van der Waals surface area contributed by atoms with Gasteiger partial charge in [-0.1, -0.05) is 50.2 Å². The lowest BCUT2D eigenvalue weighted by Crippen LogP contribution is -2.54. The van der Waals surface area contributed by atoms with Crippen LogP contribution in [0.4, 0.5) is 5.69 Å². The maximum Gasteiger partial charge on any atom is 0.332 e. The summed E-state index contributed by atoms with van der Waals surface area (Å²) < 4.78 is 5.59. The Kier molecular flexibility index (Phi) is 7.00. The Hall–Kier alpha value is -2.62. The van der Waals surface area contributed by atoms with E-state index < -0.39 is 11.5 Å². The van der Waals surface area contributed by atoms with Gasteiger partial charge in [-0.15, -0.1) is 0 Å². The van der Waals surface area contributed by atoms with E-state index in [9.17, 15) is 9.59 Å². The van der Waals surface area contributed by atoms with Gasteiger partial charge >= 0.3 is 5.97 Å². The fourth-order valence-corrected chi connectivity index (χ4v) is 3.35. The predicted octanol–water partition coefficient (Wildman–Crippen LogP) is 5.33. The Morgan fingerprint density at radius 3 is 2.04 bits per heavy atom. The molecule has 4 heteroatoms. The third kappa shape index (κ3) is 5.22. The zero-order valence-electron chi connectivity index (χ0n) is 17.7. The van der Waals surface area contributed by atoms with Gasteiger partial charge in [0.05, 0.1) is 6.10 Å². The number of aryl methyl sites for hydroxylation is 2. The molecule has 0 aliphatic rings. The van der Waals surface area contributed by atoms with Gasteiger partial charge in [-0.2, -0.15) is 0 Å². The van der Waals surface area contributed by atoms with Gasteiger partial charge in [-0.25, -0.2) is 4.79 Å². The molecule has 0 spiro atoms. The molecule has 0 aromatic heterocycles. The van der Waals surface area contributed by atoms with Gasteiger partial charge in [0.15, 0.2) is 5.78 Å². The van der Waals surface area contributed by atoms with Crippen molar-refractivity contribution in [2.75, 3.05) is 5.32 Å². The first-order valence-corrected chi connectivity index (χ1v) is 9.80. The highest BCUT2D eigenvalue weighted by atomic mass is 16.5. The minimum Gasteiger partial charge on any atom is -0.461 e. The molecule has 150 valence electrons. The van der Waals surface area contributed by atoms with Crippen molar-refractivity contribution in [3.05, 3.63) is 65.2 Å². The van der Waals surface area contributed by atoms with E-state index in [1.807, 2.05) is 71.9 Å². The van der Waals surface area contributed by atoms with Crippen molar-refractivity contribution < 1.29 is 14.3 Å². The van der Waals surface area contributed by atoms with Gasteiger partial charge in [-0.3, -0.25) is 4.79 Å². The van der Waals surface area contributed by atoms with Crippen molar-refractivity contribution in [1.29, 1.82) is 0 Å². The SMILES string of the molecule is Cc1cc(C)cc(NC(CC(=O)c2ccccc2)(C(=O)OC(C)C)C(C)C)c1. The average Bonchev–Trinajstić information content (AvgIpc) is 2.60. The second kappa shape index (κ2) is 9.05. The molecule has 2 aromatic rings. The standard InChI is InChI=1S/C24H31NO3/c1-16(2)24(23(27)28-17(3)4,15-22(26)20-10-8-7-9-11-20)25-21-13-18(5)12-19(6)14-21/h7-14,16-17,25H,15H2,1-6H3. The summed E-state index contributed by atoms with van der Waals surface area (Å²) in [5.41, 5.74) is 2.43. The second-order valence-electron chi connectivity index (χ2n) is 8.05. The average molecular weight is 382 g/mol. The summed E-state index contributed by atoms with van der Waals surface area (Å²) in [6.45, 7) is 11.5. The van der Waals surface area contributed by atoms with E-state index in [0.717, 1.165) is 16.8 Å². The number of ketones is 1. The number of esters is 1. The number of hydrogen-bond donors (Lipinski definition) is 1. The zero-order chi connectivity index (χ0) is 20.9. The highest BCUT2D eigenvalue weighted by molar-refractivity contribution is 6.01. The molecule has 4 nitrogen and oxygen atoms in total. The zero-order valence-corrected chi connectivity index (χ0v) is 17.7. The normalized spacial score (nSPS) is 13.3. The summed E-state index contributed by atoms with van der Waals surface area (Å²) >= 11 is 0. The number of carbonyl (C=O) groups is 2. The molecule has 1 unspecified atom stereocenters. The summed E-state index contributed by atoms with van der Waals surface area (Å²) in [5.74, 6) is -0.653. The van der Waals surface area contributed by atoms with Crippen molar-refractivity contribution in [3.8, 4) is 0 Å². The quantitative estimate of drug-likeness (QED) is 0.496. The van der Waals surface area contributed by atoms with Crippen molar-refractivity contribution in [2.24, 2.45) is 5.92 Å². The minimum absolute atomic E-state index is 0.0211. The number of carbonyl (C=O) groups excluding carboxylic acids is 2. The van der Waals surface area contributed by atoms with Gasteiger partial charge in [0, 0.05) is 17.7 Å². The Balaban J connectivity index is 2.47. The number of Topliss-reactive ketones (excluding diaryl/α,β-unsaturated/α-hetero) is 1. The van der Waals surface area contributed by atoms with Crippen LogP contribution in [0.3, 0.4) is 0 Å². The first-order valence-electron chi connectivity index (χ1n) is 9.80. The molecule has 0 amide bonds. The molecule has 28 heavy (non-hydrogen) atoms. The third-order valence-corrected chi connectivity index (χ3v) is 4.82. The molecule has 0 radical (unpaired) electrons. The lowest BCUT2D eigenvalue weighted by atomic mass is 9.80. The predicted molar refractivity (Wildman–Crippen MR) is 114 cm³/mol. The first-order chi connectivity index (χ1) is 13.1. The Morgan fingerprint density at radius 1 is 0.964 bits per heavy atom. The molecule has 0 aliphatic carbocycles. The molecule has 1 atom stereocenters. The van der Waals surface area contributed by atoms with Crippen LogP contribution in [0.5, 0.6) is 0 Å². The maximum atomic E-state index is 13.2. The fraction of sp³-hybridized carbons (Fsp3) is 0.417. The minimum atomic E-state index is -1.16. The number of ether oxygens (including phenoxy) is 1. The van der Waals surface area contributed by atoms with E-state index in [4.69, 9.17) is 4.74 Å². The molecule has 0 saturated heterocycles. The Labute approximate surface area is 168 Å². The molecule has 2 aromatic carbocycles. The van der Waals surface area contributed by atoms with E-state index in [2.05, 4.69) is 11.4 Å². The molecule has 1 N–H and O–H groups in total. The van der Waals surface area contributed by atoms with Crippen molar-refractivity contribution in [3.63, 3.8) is 0 Å². The molecule has 0 heterocycles. The number of nitrogens with one attached hydrogen (secondary N) is 1. The first kappa shape index (κ1) is 21.7. The highest BCUT2D eigenvalue weighted by Crippen LogP contribution is 2.31. The lowest BCUT2D eigenvalue weighted by Gasteiger charge is -2.37. The van der Waals surface area contributed by atoms with Crippen molar-refractivity contribution in [2.45, 2.75) is 59.6 Å². The lowest BCUT2D eigenvalue weighted by molar-refractivity contribution is -0.154. The van der Waals surface area contributed by atoms with E-state index in [1.54, 1.807) is 12.1 Å². The van der Waals surface area contributed by atoms with Crippen molar-refractivity contribution >= 4 is 17.4 Å². The van der Waals surface area contributed by atoms with E-state index in [0.29, 0.717) is 5.56 Å². The third-order valence-electron chi connectivity index (χ3n) is 4.82. The summed E-state index contributed by atoms with van der Waals surface area (Å²) in [5, 5.41) is 3.38. The van der Waals surface area contributed by atoms with E-state index >= 15 is 0 Å². The smallest absolute Gasteiger partial charge is 0.332 e. The van der Waals surface area contributed by atoms with E-state index in [1.165, 1.54) is 0 Å². The monoisotopic (exact) mass is 381 g/mol. The summed E-state index contributed by atoms with van der Waals surface area (Å²) in [6, 6.07) is 15.1. The van der Waals surface area contributed by atoms with Gasteiger partial charge in [0.2, 0.25) is 0 Å². The van der Waals surface area contributed by atoms with Crippen LogP contribution in [0.2, 0.25) is 0 Å². The molecule has 0 bridgehead atoms. The summed E-state index contributed by atoms with van der Waals surface area (Å²) in [7, 11) is 0. The van der Waals surface area contributed by atoms with Crippen LogP contribution in [0, 0.1) is 19.8 Å². The largest absolute Gasteiger partial charge is 0.461 e. The van der Waals surface area contributed by atoms with Crippen LogP contribution >= 0.6 is 0 Å². The van der Waals surface area contributed by atoms with Gasteiger partial charge < -0.3 is 10.1 Å². The van der Waals surface area contributed by atoms with Gasteiger partial charge in [0.1, 0.15) is 5.54 Å². The highest BCUT2D eigenvalue weighted by Gasteiger charge is 2.45. The fourth-order valence-electron chi connectivity index (χ4n) is 3.35. The number of hydrogen-bond acceptors (Lipinski definition) is 4. The topological polar surface area (TPSA) is 55.4 Å². The number of anilines is 1. The van der Waals surface area contributed by atoms with E-state index in [-0.39, 0.29) is 24.2 Å². The molecule has 0 fully saturated rings. The van der Waals surface area contributed by atoms with Gasteiger partial charge in [0.25, 0.3) is 0 Å². The number of rotatable bonds is 8. The second-order valence-corrected chi connectivity index (χ2v) is 8.05. The van der Waals surface area contributed by atoms with Gasteiger partial charge in [-0.05, 0) is 56.9 Å². The molecular weight excluding hydrogens is 350 g/mol. The Bertz CT molecular complexity index is 807. The summed E-state index contributed by atoms with van der Waals surface area (Å²) in [4.78, 5) is 26.3. The maximum absolute atomic E-state index is 13.2. The van der Waals surface area contributed by atoms with Crippen LogP contribution in [-0.2, 0) is 9.53 Å². The van der Waals surface area contributed by atoms with Crippen LogP contribution in [0.15, 0.2) is 48.5 Å².